The number of benzene rings is 2. The number of fused-ring (bicyclic) bond motifs is 2. The lowest BCUT2D eigenvalue weighted by Gasteiger charge is -2.61. The van der Waals surface area contributed by atoms with Crippen LogP contribution in [0.4, 0.5) is 4.39 Å². The predicted molar refractivity (Wildman–Crippen MR) is 211 cm³/mol. The van der Waals surface area contributed by atoms with E-state index in [0.29, 0.717) is 50.4 Å². The maximum absolute atomic E-state index is 16.8. The molecule has 6 aliphatic rings. The highest BCUT2D eigenvalue weighted by Crippen LogP contribution is 2.52. The van der Waals surface area contributed by atoms with E-state index in [2.05, 4.69) is 15.9 Å². The first-order valence-electron chi connectivity index (χ1n) is 19.7. The number of carbonyl (C=O) groups is 2. The van der Waals surface area contributed by atoms with E-state index in [0.717, 1.165) is 94.7 Å². The van der Waals surface area contributed by atoms with Crippen LogP contribution in [0.5, 0.6) is 11.8 Å². The Labute approximate surface area is 331 Å². The molecule has 2 amide bonds. The molecule has 0 bridgehead atoms. The van der Waals surface area contributed by atoms with Crippen molar-refractivity contribution in [1.82, 2.24) is 29.6 Å². The zero-order chi connectivity index (χ0) is 38.7. The summed E-state index contributed by atoms with van der Waals surface area (Å²) in [5, 5.41) is 0.421. The first kappa shape index (κ1) is 35.8. The molecule has 0 saturated carbocycles. The van der Waals surface area contributed by atoms with Gasteiger partial charge in [-0.15, -0.1) is 0 Å². The number of aromatic nitrogens is 2. The van der Waals surface area contributed by atoms with Crippen LogP contribution >= 0.6 is 11.6 Å². The van der Waals surface area contributed by atoms with E-state index in [1.807, 2.05) is 40.1 Å². The SMILES string of the molecule is COc1nc(-c2cccc(-c3cccc(-c4cc5c(c(OC)n4)C(N4CC6(CN(C(C)=O)C6)C4)CC5)c3Cl)c2F)cc2c1C(N1CC3(CN(C(C)=O)C3)C1)CC2. The molecule has 2 unspecified atom stereocenters. The molecule has 290 valence electrons. The molecule has 6 heterocycles. The number of halogens is 2. The standard InChI is InChI=1S/C44H46ClFN6O4/c1-25(53)49-17-43(18-49)21-51(22-43)35-13-11-27-15-33(47-41(55-3)37(27)35)31-9-5-7-29(39(31)45)30-8-6-10-32(40(30)46)34-16-28-12-14-36(38(28)42(48-34)56-4)52-23-44(24-52)19-50(20-44)26(2)54/h5-10,15-16,35-36H,11-14,17-24H2,1-4H3. The zero-order valence-electron chi connectivity index (χ0n) is 32.3. The van der Waals surface area contributed by atoms with Crippen LogP contribution in [-0.2, 0) is 22.4 Å². The van der Waals surface area contributed by atoms with Gasteiger partial charge in [-0.3, -0.25) is 19.4 Å². The van der Waals surface area contributed by atoms with Crippen molar-refractivity contribution in [3.05, 3.63) is 81.6 Å². The van der Waals surface area contributed by atoms with Crippen molar-refractivity contribution in [2.45, 2.75) is 51.6 Å². The Hall–Kier alpha value is -4.58. The van der Waals surface area contributed by atoms with E-state index in [9.17, 15) is 9.59 Å². The van der Waals surface area contributed by atoms with Gasteiger partial charge in [-0.1, -0.05) is 41.9 Å². The number of likely N-dealkylation sites (tertiary alicyclic amines) is 4. The maximum Gasteiger partial charge on any atom is 0.219 e. The van der Waals surface area contributed by atoms with Gasteiger partial charge in [0.05, 0.1) is 30.6 Å². The monoisotopic (exact) mass is 776 g/mol. The van der Waals surface area contributed by atoms with Crippen molar-refractivity contribution in [3.8, 4) is 45.4 Å². The second-order valence-corrected chi connectivity index (χ2v) is 17.6. The minimum absolute atomic E-state index is 0.144. The Kier molecular flexibility index (Phi) is 8.30. The molecular weight excluding hydrogens is 731 g/mol. The zero-order valence-corrected chi connectivity index (χ0v) is 33.1. The van der Waals surface area contributed by atoms with Crippen LogP contribution < -0.4 is 9.47 Å². The summed E-state index contributed by atoms with van der Waals surface area (Å²) in [7, 11) is 3.30. The second-order valence-electron chi connectivity index (χ2n) is 17.2. The number of carbonyl (C=O) groups excluding carboxylic acids is 2. The molecule has 2 aliphatic carbocycles. The smallest absolute Gasteiger partial charge is 0.219 e. The van der Waals surface area contributed by atoms with Crippen LogP contribution in [0.1, 0.15) is 61.0 Å². The van der Waals surface area contributed by atoms with Crippen molar-refractivity contribution >= 4 is 23.4 Å². The molecule has 4 saturated heterocycles. The Bertz CT molecular complexity index is 2150. The Morgan fingerprint density at radius 3 is 1.57 bits per heavy atom. The number of hydrogen-bond acceptors (Lipinski definition) is 8. The number of pyridine rings is 2. The molecule has 2 aromatic heterocycles. The number of rotatable bonds is 7. The average Bonchev–Trinajstić information content (AvgIpc) is 3.73. The van der Waals surface area contributed by atoms with E-state index in [1.165, 1.54) is 5.56 Å². The maximum atomic E-state index is 16.8. The molecule has 12 heteroatoms. The number of ether oxygens (including phenoxy) is 2. The summed E-state index contributed by atoms with van der Waals surface area (Å²) in [6, 6.07) is 15.6. The molecule has 4 fully saturated rings. The molecule has 2 aromatic carbocycles. The van der Waals surface area contributed by atoms with Gasteiger partial charge in [0.2, 0.25) is 23.6 Å². The van der Waals surface area contributed by atoms with Crippen molar-refractivity contribution in [1.29, 1.82) is 0 Å². The highest BCUT2D eigenvalue weighted by molar-refractivity contribution is 6.36. The van der Waals surface area contributed by atoms with Crippen LogP contribution in [-0.4, -0.2) is 108 Å². The number of nitrogens with zero attached hydrogens (tertiary/aromatic N) is 6. The molecule has 2 spiro atoms. The lowest BCUT2D eigenvalue weighted by molar-refractivity contribution is -0.161. The fraction of sp³-hybridized carbons (Fsp3) is 0.455. The predicted octanol–water partition coefficient (Wildman–Crippen LogP) is 6.59. The van der Waals surface area contributed by atoms with Crippen LogP contribution in [0.3, 0.4) is 0 Å². The van der Waals surface area contributed by atoms with Crippen molar-refractivity contribution in [3.63, 3.8) is 0 Å². The summed E-state index contributed by atoms with van der Waals surface area (Å²) in [5.74, 6) is 1.04. The molecule has 0 radical (unpaired) electrons. The third-order valence-corrected chi connectivity index (χ3v) is 13.9. The summed E-state index contributed by atoms with van der Waals surface area (Å²) in [5.41, 5.74) is 8.29. The number of aryl methyl sites for hydroxylation is 2. The van der Waals surface area contributed by atoms with Crippen molar-refractivity contribution in [2.24, 2.45) is 10.8 Å². The molecule has 2 atom stereocenters. The Morgan fingerprint density at radius 2 is 1.11 bits per heavy atom. The topological polar surface area (TPSA) is 91.3 Å². The van der Waals surface area contributed by atoms with Gasteiger partial charge in [0.25, 0.3) is 0 Å². The van der Waals surface area contributed by atoms with E-state index in [4.69, 9.17) is 31.0 Å². The molecular formula is C44H46ClFN6O4. The summed E-state index contributed by atoms with van der Waals surface area (Å²) >= 11 is 7.20. The lowest BCUT2D eigenvalue weighted by Crippen LogP contribution is -2.72. The lowest BCUT2D eigenvalue weighted by atomic mass is 9.72. The summed E-state index contributed by atoms with van der Waals surface area (Å²) < 4.78 is 28.6. The largest absolute Gasteiger partial charge is 0.481 e. The normalized spacial score (nSPS) is 22.9. The van der Waals surface area contributed by atoms with Crippen LogP contribution in [0, 0.1) is 16.6 Å². The number of methoxy groups -OCH3 is 2. The van der Waals surface area contributed by atoms with Gasteiger partial charge in [-0.2, -0.15) is 0 Å². The fourth-order valence-electron chi connectivity index (χ4n) is 10.8. The van der Waals surface area contributed by atoms with Gasteiger partial charge in [-0.05, 0) is 55.0 Å². The van der Waals surface area contributed by atoms with Gasteiger partial charge in [-0.25, -0.2) is 14.4 Å². The molecule has 10 rings (SSSR count). The number of amides is 2. The third kappa shape index (κ3) is 5.48. The van der Waals surface area contributed by atoms with Gasteiger partial charge >= 0.3 is 0 Å². The van der Waals surface area contributed by atoms with Gasteiger partial charge in [0.15, 0.2) is 0 Å². The minimum Gasteiger partial charge on any atom is -0.481 e. The van der Waals surface area contributed by atoms with Crippen LogP contribution in [0.25, 0.3) is 33.6 Å². The van der Waals surface area contributed by atoms with E-state index < -0.39 is 5.82 Å². The molecule has 0 N–H and O–H groups in total. The first-order valence-corrected chi connectivity index (χ1v) is 20.1. The van der Waals surface area contributed by atoms with Gasteiger partial charge in [0, 0.05) is 122 Å². The summed E-state index contributed by atoms with van der Waals surface area (Å²) in [4.78, 5) is 42.3. The molecule has 10 nitrogen and oxygen atoms in total. The van der Waals surface area contributed by atoms with Crippen molar-refractivity contribution in [2.75, 3.05) is 66.6 Å². The third-order valence-electron chi connectivity index (χ3n) is 13.5. The highest BCUT2D eigenvalue weighted by Gasteiger charge is 2.56. The fourth-order valence-corrected chi connectivity index (χ4v) is 11.1. The van der Waals surface area contributed by atoms with E-state index in [1.54, 1.807) is 40.2 Å². The molecule has 4 aromatic rings. The van der Waals surface area contributed by atoms with Gasteiger partial charge < -0.3 is 19.3 Å². The summed E-state index contributed by atoms with van der Waals surface area (Å²) in [6.07, 6.45) is 3.70. The van der Waals surface area contributed by atoms with Crippen molar-refractivity contribution < 1.29 is 23.5 Å². The van der Waals surface area contributed by atoms with Crippen LogP contribution in [0.15, 0.2) is 48.5 Å². The van der Waals surface area contributed by atoms with E-state index >= 15 is 4.39 Å². The Balaban J connectivity index is 0.909. The Morgan fingerprint density at radius 1 is 0.679 bits per heavy atom. The number of hydrogen-bond donors (Lipinski definition) is 0. The van der Waals surface area contributed by atoms with Gasteiger partial charge in [0.1, 0.15) is 5.82 Å². The van der Waals surface area contributed by atoms with Crippen LogP contribution in [0.2, 0.25) is 5.02 Å². The molecule has 56 heavy (non-hydrogen) atoms. The first-order chi connectivity index (χ1) is 27.0. The quantitative estimate of drug-likeness (QED) is 0.208. The highest BCUT2D eigenvalue weighted by atomic mass is 35.5. The summed E-state index contributed by atoms with van der Waals surface area (Å²) in [6.45, 7) is 10.5. The average molecular weight is 777 g/mol. The second kappa shape index (κ2) is 13.0. The molecule has 4 aliphatic heterocycles. The minimum atomic E-state index is -0.396. The van der Waals surface area contributed by atoms with E-state index in [-0.39, 0.29) is 34.7 Å².